The molecule has 1 aliphatic rings. The van der Waals surface area contributed by atoms with E-state index in [1.165, 1.54) is 11.1 Å². The number of likely N-dealkylation sites (N-methyl/N-ethyl adjacent to an activating group) is 2. The number of aryl methyl sites for hydroxylation is 1. The van der Waals surface area contributed by atoms with Crippen molar-refractivity contribution in [2.75, 3.05) is 54.4 Å². The van der Waals surface area contributed by atoms with Crippen LogP contribution in [0.5, 0.6) is 0 Å². The predicted molar refractivity (Wildman–Crippen MR) is 97.9 cm³/mol. The Labute approximate surface area is 141 Å². The lowest BCUT2D eigenvalue weighted by Crippen LogP contribution is -2.55. The van der Waals surface area contributed by atoms with Crippen LogP contribution in [0.2, 0.25) is 0 Å². The Morgan fingerprint density at radius 3 is 2.61 bits per heavy atom. The first-order valence-corrected chi connectivity index (χ1v) is 8.35. The Hall–Kier alpha value is -1.59. The fraction of sp³-hybridized carbons (Fsp3) is 0.611. The van der Waals surface area contributed by atoms with Gasteiger partial charge in [0.25, 0.3) is 0 Å². The summed E-state index contributed by atoms with van der Waals surface area (Å²) in [6, 6.07) is 9.21. The molecule has 0 spiro atoms. The minimum atomic E-state index is 0.526. The van der Waals surface area contributed by atoms with Crippen LogP contribution in [0, 0.1) is 6.92 Å². The van der Waals surface area contributed by atoms with E-state index < -0.39 is 0 Å². The molecule has 128 valence electrons. The summed E-state index contributed by atoms with van der Waals surface area (Å²) in [6.07, 6.45) is 0. The molecule has 5 nitrogen and oxygen atoms in total. The van der Waals surface area contributed by atoms with Gasteiger partial charge in [-0.05, 0) is 26.6 Å². The van der Waals surface area contributed by atoms with Gasteiger partial charge in [-0.25, -0.2) is 0 Å². The third-order valence-electron chi connectivity index (χ3n) is 4.59. The van der Waals surface area contributed by atoms with Gasteiger partial charge in [0, 0.05) is 52.9 Å². The third-order valence-corrected chi connectivity index (χ3v) is 4.59. The summed E-state index contributed by atoms with van der Waals surface area (Å²) in [5.41, 5.74) is 2.60. The zero-order chi connectivity index (χ0) is 16.8. The Balaban J connectivity index is 1.87. The van der Waals surface area contributed by atoms with E-state index in [9.17, 15) is 0 Å². The standard InChI is InChI=1S/C18H31N5/c1-15-6-8-16(9-7-15)13-23(5)18(19-2)20-12-17-14-21(3)10-11-22(17)4/h6-9,17H,10-14H2,1-5H3,(H,19,20). The van der Waals surface area contributed by atoms with Gasteiger partial charge in [-0.1, -0.05) is 29.8 Å². The van der Waals surface area contributed by atoms with Gasteiger partial charge in [0.1, 0.15) is 0 Å². The molecule has 1 fully saturated rings. The summed E-state index contributed by atoms with van der Waals surface area (Å²) >= 11 is 0. The van der Waals surface area contributed by atoms with Crippen LogP contribution < -0.4 is 5.32 Å². The summed E-state index contributed by atoms with van der Waals surface area (Å²) in [5.74, 6) is 0.951. The van der Waals surface area contributed by atoms with Gasteiger partial charge in [-0.15, -0.1) is 0 Å². The molecule has 0 amide bonds. The zero-order valence-electron chi connectivity index (χ0n) is 15.2. The van der Waals surface area contributed by atoms with E-state index in [0.717, 1.165) is 38.7 Å². The molecule has 1 aromatic rings. The molecule has 1 heterocycles. The maximum atomic E-state index is 4.43. The van der Waals surface area contributed by atoms with Crippen LogP contribution in [0.15, 0.2) is 29.3 Å². The van der Waals surface area contributed by atoms with Gasteiger partial charge in [0.05, 0.1) is 0 Å². The molecule has 0 bridgehead atoms. The number of guanidine groups is 1. The van der Waals surface area contributed by atoms with Gasteiger partial charge in [0.15, 0.2) is 5.96 Å². The first-order valence-electron chi connectivity index (χ1n) is 8.35. The molecule has 0 radical (unpaired) electrons. The quantitative estimate of drug-likeness (QED) is 0.669. The van der Waals surface area contributed by atoms with Crippen LogP contribution in [0.1, 0.15) is 11.1 Å². The van der Waals surface area contributed by atoms with Gasteiger partial charge >= 0.3 is 0 Å². The molecular weight excluding hydrogens is 286 g/mol. The zero-order valence-corrected chi connectivity index (χ0v) is 15.2. The summed E-state index contributed by atoms with van der Waals surface area (Å²) in [5, 5.41) is 3.53. The smallest absolute Gasteiger partial charge is 0.193 e. The first-order chi connectivity index (χ1) is 11.0. The number of hydrogen-bond donors (Lipinski definition) is 1. The Morgan fingerprint density at radius 1 is 1.26 bits per heavy atom. The number of piperazine rings is 1. The molecule has 5 heteroatoms. The summed E-state index contributed by atoms with van der Waals surface area (Å²) in [7, 11) is 8.34. The van der Waals surface area contributed by atoms with Crippen LogP contribution >= 0.6 is 0 Å². The van der Waals surface area contributed by atoms with Crippen molar-refractivity contribution in [1.82, 2.24) is 20.0 Å². The van der Waals surface area contributed by atoms with Crippen molar-refractivity contribution in [1.29, 1.82) is 0 Å². The molecule has 0 aromatic heterocycles. The predicted octanol–water partition coefficient (Wildman–Crippen LogP) is 1.25. The Morgan fingerprint density at radius 2 is 1.96 bits per heavy atom. The minimum Gasteiger partial charge on any atom is -0.355 e. The molecule has 1 aliphatic heterocycles. The van der Waals surface area contributed by atoms with Crippen molar-refractivity contribution < 1.29 is 0 Å². The summed E-state index contributed by atoms with van der Waals surface area (Å²) < 4.78 is 0. The average molecular weight is 317 g/mol. The van der Waals surface area contributed by atoms with Crippen LogP contribution in [0.4, 0.5) is 0 Å². The Kier molecular flexibility index (Phi) is 6.42. The molecule has 0 saturated carbocycles. The normalized spacial score (nSPS) is 20.6. The maximum Gasteiger partial charge on any atom is 0.193 e. The van der Waals surface area contributed by atoms with Gasteiger partial charge in [-0.3, -0.25) is 9.89 Å². The van der Waals surface area contributed by atoms with Crippen molar-refractivity contribution in [3.05, 3.63) is 35.4 Å². The van der Waals surface area contributed by atoms with E-state index in [1.807, 2.05) is 7.05 Å². The van der Waals surface area contributed by atoms with E-state index in [2.05, 4.69) is 77.3 Å². The molecule has 1 N–H and O–H groups in total. The van der Waals surface area contributed by atoms with Crippen LogP contribution in [-0.4, -0.2) is 81.1 Å². The van der Waals surface area contributed by atoms with Crippen molar-refractivity contribution in [3.8, 4) is 0 Å². The second-order valence-corrected chi connectivity index (χ2v) is 6.67. The first kappa shape index (κ1) is 17.8. The van der Waals surface area contributed by atoms with Crippen LogP contribution in [0.3, 0.4) is 0 Å². The second kappa shape index (κ2) is 8.31. The molecule has 1 unspecified atom stereocenters. The topological polar surface area (TPSA) is 34.1 Å². The number of hydrogen-bond acceptors (Lipinski definition) is 3. The van der Waals surface area contributed by atoms with Crippen LogP contribution in [-0.2, 0) is 6.54 Å². The fourth-order valence-electron chi connectivity index (χ4n) is 2.96. The monoisotopic (exact) mass is 317 g/mol. The average Bonchev–Trinajstić information content (AvgIpc) is 2.53. The third kappa shape index (κ3) is 5.22. The van der Waals surface area contributed by atoms with E-state index >= 15 is 0 Å². The number of aliphatic imine (C=N–C) groups is 1. The highest BCUT2D eigenvalue weighted by atomic mass is 15.3. The lowest BCUT2D eigenvalue weighted by Gasteiger charge is -2.38. The van der Waals surface area contributed by atoms with Crippen molar-refractivity contribution in [3.63, 3.8) is 0 Å². The largest absolute Gasteiger partial charge is 0.355 e. The van der Waals surface area contributed by atoms with E-state index in [1.54, 1.807) is 0 Å². The van der Waals surface area contributed by atoms with Gasteiger partial charge < -0.3 is 15.1 Å². The van der Waals surface area contributed by atoms with E-state index in [-0.39, 0.29) is 0 Å². The fourth-order valence-corrected chi connectivity index (χ4v) is 2.96. The highest BCUT2D eigenvalue weighted by molar-refractivity contribution is 5.79. The van der Waals surface area contributed by atoms with Crippen molar-refractivity contribution >= 4 is 5.96 Å². The minimum absolute atomic E-state index is 0.526. The van der Waals surface area contributed by atoms with E-state index in [4.69, 9.17) is 0 Å². The lowest BCUT2D eigenvalue weighted by atomic mass is 10.1. The molecule has 2 rings (SSSR count). The van der Waals surface area contributed by atoms with Crippen LogP contribution in [0.25, 0.3) is 0 Å². The van der Waals surface area contributed by atoms with E-state index in [0.29, 0.717) is 6.04 Å². The molecular formula is C18H31N5. The number of rotatable bonds is 4. The molecule has 1 saturated heterocycles. The van der Waals surface area contributed by atoms with Crippen molar-refractivity contribution in [2.45, 2.75) is 19.5 Å². The molecule has 1 aromatic carbocycles. The lowest BCUT2D eigenvalue weighted by molar-refractivity contribution is 0.116. The van der Waals surface area contributed by atoms with Gasteiger partial charge in [0.2, 0.25) is 0 Å². The molecule has 23 heavy (non-hydrogen) atoms. The number of nitrogens with one attached hydrogen (secondary N) is 1. The molecule has 0 aliphatic carbocycles. The SMILES string of the molecule is CN=C(NCC1CN(C)CCN1C)N(C)Cc1ccc(C)cc1. The molecule has 1 atom stereocenters. The Bertz CT molecular complexity index is 511. The highest BCUT2D eigenvalue weighted by Crippen LogP contribution is 2.07. The summed E-state index contributed by atoms with van der Waals surface area (Å²) in [6.45, 7) is 7.27. The van der Waals surface area contributed by atoms with Crippen molar-refractivity contribution in [2.24, 2.45) is 4.99 Å². The second-order valence-electron chi connectivity index (χ2n) is 6.67. The number of nitrogens with zero attached hydrogens (tertiary/aromatic N) is 4. The highest BCUT2D eigenvalue weighted by Gasteiger charge is 2.22. The maximum absolute atomic E-state index is 4.43. The summed E-state index contributed by atoms with van der Waals surface area (Å²) in [4.78, 5) is 11.4. The number of benzene rings is 1. The van der Waals surface area contributed by atoms with Gasteiger partial charge in [-0.2, -0.15) is 0 Å².